The van der Waals surface area contributed by atoms with Gasteiger partial charge in [-0.1, -0.05) is 30.3 Å². The van der Waals surface area contributed by atoms with E-state index in [1.807, 2.05) is 25.1 Å². The largest absolute Gasteiger partial charge is 0.490 e. The summed E-state index contributed by atoms with van der Waals surface area (Å²) in [4.78, 5) is 0. The SMILES string of the molecule is CCOc1cccc(CN)c1OCc1ccccc1F. The predicted octanol–water partition coefficient (Wildman–Crippen LogP) is 3.26. The molecule has 4 heteroatoms. The fourth-order valence-corrected chi connectivity index (χ4v) is 1.92. The van der Waals surface area contributed by atoms with E-state index in [0.717, 1.165) is 5.56 Å². The lowest BCUT2D eigenvalue weighted by Crippen LogP contribution is -2.06. The van der Waals surface area contributed by atoms with Crippen molar-refractivity contribution in [3.8, 4) is 11.5 Å². The van der Waals surface area contributed by atoms with Gasteiger partial charge in [-0.2, -0.15) is 0 Å². The van der Waals surface area contributed by atoms with Crippen LogP contribution < -0.4 is 15.2 Å². The molecular formula is C16H18FNO2. The Morgan fingerprint density at radius 3 is 2.45 bits per heavy atom. The molecule has 0 aliphatic carbocycles. The van der Waals surface area contributed by atoms with Crippen LogP contribution in [0.1, 0.15) is 18.1 Å². The van der Waals surface area contributed by atoms with Crippen molar-refractivity contribution >= 4 is 0 Å². The second-order valence-corrected chi connectivity index (χ2v) is 4.26. The van der Waals surface area contributed by atoms with Crippen LogP contribution in [-0.2, 0) is 13.2 Å². The van der Waals surface area contributed by atoms with Gasteiger partial charge in [-0.15, -0.1) is 0 Å². The first kappa shape index (κ1) is 14.3. The molecule has 0 bridgehead atoms. The topological polar surface area (TPSA) is 44.5 Å². The molecule has 0 aliphatic rings. The minimum Gasteiger partial charge on any atom is -0.490 e. The molecule has 0 spiro atoms. The average molecular weight is 275 g/mol. The molecule has 20 heavy (non-hydrogen) atoms. The normalized spacial score (nSPS) is 10.3. The number of ether oxygens (including phenoxy) is 2. The molecule has 0 fully saturated rings. The van der Waals surface area contributed by atoms with Crippen LogP contribution in [0.4, 0.5) is 4.39 Å². The number of hydrogen-bond donors (Lipinski definition) is 1. The van der Waals surface area contributed by atoms with E-state index in [2.05, 4.69) is 0 Å². The lowest BCUT2D eigenvalue weighted by Gasteiger charge is -2.15. The van der Waals surface area contributed by atoms with Crippen LogP contribution in [0.15, 0.2) is 42.5 Å². The number of rotatable bonds is 6. The second-order valence-electron chi connectivity index (χ2n) is 4.26. The summed E-state index contributed by atoms with van der Waals surface area (Å²) < 4.78 is 24.8. The molecule has 0 saturated heterocycles. The minimum absolute atomic E-state index is 0.143. The maximum atomic E-state index is 13.6. The molecule has 106 valence electrons. The van der Waals surface area contributed by atoms with Crippen LogP contribution in [0.25, 0.3) is 0 Å². The van der Waals surface area contributed by atoms with Crippen LogP contribution in [-0.4, -0.2) is 6.61 Å². The van der Waals surface area contributed by atoms with Crippen molar-refractivity contribution in [1.82, 2.24) is 0 Å². The number of halogens is 1. The Balaban J connectivity index is 2.21. The summed E-state index contributed by atoms with van der Waals surface area (Å²) in [5, 5.41) is 0. The van der Waals surface area contributed by atoms with Gasteiger partial charge in [0.05, 0.1) is 6.61 Å². The summed E-state index contributed by atoms with van der Waals surface area (Å²) >= 11 is 0. The zero-order valence-corrected chi connectivity index (χ0v) is 11.4. The van der Waals surface area contributed by atoms with E-state index in [1.165, 1.54) is 6.07 Å². The average Bonchev–Trinajstić information content (AvgIpc) is 2.47. The van der Waals surface area contributed by atoms with Gasteiger partial charge in [0.25, 0.3) is 0 Å². The highest BCUT2D eigenvalue weighted by Gasteiger charge is 2.11. The first-order valence-electron chi connectivity index (χ1n) is 6.57. The highest BCUT2D eigenvalue weighted by Crippen LogP contribution is 2.32. The summed E-state index contributed by atoms with van der Waals surface area (Å²) in [7, 11) is 0. The quantitative estimate of drug-likeness (QED) is 0.880. The molecule has 2 aromatic rings. The third-order valence-electron chi connectivity index (χ3n) is 2.91. The van der Waals surface area contributed by atoms with Crippen LogP contribution in [0, 0.1) is 5.82 Å². The van der Waals surface area contributed by atoms with E-state index in [1.54, 1.807) is 18.2 Å². The minimum atomic E-state index is -0.282. The Hall–Kier alpha value is -2.07. The highest BCUT2D eigenvalue weighted by atomic mass is 19.1. The van der Waals surface area contributed by atoms with E-state index in [9.17, 15) is 4.39 Å². The summed E-state index contributed by atoms with van der Waals surface area (Å²) in [5.41, 5.74) is 7.05. The standard InChI is InChI=1S/C16H18FNO2/c1-2-19-15-9-5-7-12(10-18)16(15)20-11-13-6-3-4-8-14(13)17/h3-9H,2,10-11,18H2,1H3. The molecule has 0 saturated carbocycles. The van der Waals surface area contributed by atoms with E-state index in [-0.39, 0.29) is 12.4 Å². The molecule has 2 rings (SSSR count). The maximum Gasteiger partial charge on any atom is 0.166 e. The van der Waals surface area contributed by atoms with Crippen LogP contribution in [0.2, 0.25) is 0 Å². The van der Waals surface area contributed by atoms with Gasteiger partial charge in [-0.3, -0.25) is 0 Å². The summed E-state index contributed by atoms with van der Waals surface area (Å²) in [6, 6.07) is 12.1. The Labute approximate surface area is 118 Å². The molecule has 0 amide bonds. The zero-order chi connectivity index (χ0) is 14.4. The molecule has 0 radical (unpaired) electrons. The third kappa shape index (κ3) is 3.27. The van der Waals surface area contributed by atoms with Crippen molar-refractivity contribution < 1.29 is 13.9 Å². The van der Waals surface area contributed by atoms with Gasteiger partial charge in [0.2, 0.25) is 0 Å². The van der Waals surface area contributed by atoms with Crippen LogP contribution in [0.5, 0.6) is 11.5 Å². The summed E-state index contributed by atoms with van der Waals surface area (Å²) in [6.45, 7) is 2.91. The fourth-order valence-electron chi connectivity index (χ4n) is 1.92. The monoisotopic (exact) mass is 275 g/mol. The van der Waals surface area contributed by atoms with E-state index >= 15 is 0 Å². The Morgan fingerprint density at radius 2 is 1.75 bits per heavy atom. The first-order chi connectivity index (χ1) is 9.76. The predicted molar refractivity (Wildman–Crippen MR) is 76.2 cm³/mol. The lowest BCUT2D eigenvalue weighted by atomic mass is 10.2. The smallest absolute Gasteiger partial charge is 0.166 e. The van der Waals surface area contributed by atoms with Gasteiger partial charge >= 0.3 is 0 Å². The van der Waals surface area contributed by atoms with Crippen LogP contribution >= 0.6 is 0 Å². The second kappa shape index (κ2) is 6.91. The molecule has 2 aromatic carbocycles. The van der Waals surface area contributed by atoms with Gasteiger partial charge in [-0.25, -0.2) is 4.39 Å². The number of hydrogen-bond acceptors (Lipinski definition) is 3. The molecule has 0 heterocycles. The van der Waals surface area contributed by atoms with Gasteiger partial charge < -0.3 is 15.2 Å². The van der Waals surface area contributed by atoms with Gasteiger partial charge in [0, 0.05) is 17.7 Å². The van der Waals surface area contributed by atoms with E-state index in [0.29, 0.717) is 30.2 Å². The van der Waals surface area contributed by atoms with E-state index < -0.39 is 0 Å². The van der Waals surface area contributed by atoms with Crippen molar-refractivity contribution in [2.45, 2.75) is 20.1 Å². The lowest BCUT2D eigenvalue weighted by molar-refractivity contribution is 0.263. The van der Waals surface area contributed by atoms with Crippen molar-refractivity contribution in [3.63, 3.8) is 0 Å². The van der Waals surface area contributed by atoms with Crippen molar-refractivity contribution in [3.05, 3.63) is 59.4 Å². The molecule has 3 nitrogen and oxygen atoms in total. The van der Waals surface area contributed by atoms with Crippen molar-refractivity contribution in [1.29, 1.82) is 0 Å². The van der Waals surface area contributed by atoms with E-state index in [4.69, 9.17) is 15.2 Å². The molecule has 0 atom stereocenters. The Kier molecular flexibility index (Phi) is 4.96. The highest BCUT2D eigenvalue weighted by molar-refractivity contribution is 5.46. The van der Waals surface area contributed by atoms with Gasteiger partial charge in [0.1, 0.15) is 12.4 Å². The fraction of sp³-hybridized carbons (Fsp3) is 0.250. The molecule has 0 unspecified atom stereocenters. The number of benzene rings is 2. The third-order valence-corrected chi connectivity index (χ3v) is 2.91. The Bertz CT molecular complexity index is 572. The maximum absolute atomic E-state index is 13.6. The van der Waals surface area contributed by atoms with Crippen molar-refractivity contribution in [2.75, 3.05) is 6.61 Å². The Morgan fingerprint density at radius 1 is 1.00 bits per heavy atom. The molecule has 0 aromatic heterocycles. The molecular weight excluding hydrogens is 257 g/mol. The van der Waals surface area contributed by atoms with Gasteiger partial charge in [0.15, 0.2) is 11.5 Å². The first-order valence-corrected chi connectivity index (χ1v) is 6.57. The van der Waals surface area contributed by atoms with Gasteiger partial charge in [-0.05, 0) is 19.1 Å². The molecule has 0 aliphatic heterocycles. The van der Waals surface area contributed by atoms with Crippen molar-refractivity contribution in [2.24, 2.45) is 5.73 Å². The summed E-state index contributed by atoms with van der Waals surface area (Å²) in [6.07, 6.45) is 0. The molecule has 2 N–H and O–H groups in total. The number of nitrogens with two attached hydrogens (primary N) is 1. The zero-order valence-electron chi connectivity index (χ0n) is 11.4. The number of para-hydroxylation sites is 1. The summed E-state index contributed by atoms with van der Waals surface area (Å²) in [5.74, 6) is 0.933. The van der Waals surface area contributed by atoms with Crippen LogP contribution in [0.3, 0.4) is 0 Å².